The van der Waals surface area contributed by atoms with Gasteiger partial charge in [0.1, 0.15) is 30.2 Å². The van der Waals surface area contributed by atoms with Crippen molar-refractivity contribution in [1.82, 2.24) is 19.5 Å². The fraction of sp³-hybridized carbons (Fsp3) is 0.615. The molecule has 2 fully saturated rings. The molecule has 2 aromatic rings. The summed E-state index contributed by atoms with van der Waals surface area (Å²) in [5, 5.41) is 0. The van der Waals surface area contributed by atoms with Crippen LogP contribution in [-0.4, -0.2) is 84.1 Å². The topological polar surface area (TPSA) is 237 Å². The molecule has 3 radical (unpaired) electrons. The predicted octanol–water partition coefficient (Wildman–Crippen LogP) is 0.782. The standard InChI is InChI=1S/C13H17BCl2N5O12P3/c1-28-12-31-7-5(2-29-36(14,27)33-35(25,26)13(15,16)34(22,23)24)30-11(8(7)32-12)21-4-20-6-9(17)18-3-19-10(6)21/h3-5,7-8,11-12H,2H2,1H3,(H,25,26)(H2,17,18,19)(H2,22,23,24)/q-1/t5-,7-,8-,11-,12?,36?/m1/s1. The zero-order chi connectivity index (χ0) is 26.7. The molecule has 4 rings (SSSR count). The molecule has 0 saturated carbocycles. The molecule has 2 aliphatic rings. The van der Waals surface area contributed by atoms with Gasteiger partial charge in [-0.15, -0.1) is 0 Å². The van der Waals surface area contributed by atoms with Gasteiger partial charge in [0.15, 0.2) is 17.7 Å². The molecule has 0 spiro atoms. The number of nitrogens with zero attached hydrogens (tertiary/aromatic N) is 4. The number of ether oxygens (including phenoxy) is 4. The van der Waals surface area contributed by atoms with Crippen LogP contribution in [0.1, 0.15) is 6.23 Å². The molecule has 36 heavy (non-hydrogen) atoms. The Morgan fingerprint density at radius 1 is 1.17 bits per heavy atom. The minimum Gasteiger partial charge on any atom is -0.443 e. The van der Waals surface area contributed by atoms with Crippen LogP contribution in [0.5, 0.6) is 0 Å². The van der Waals surface area contributed by atoms with Gasteiger partial charge in [0.25, 0.3) is 6.48 Å². The van der Waals surface area contributed by atoms with Gasteiger partial charge in [0, 0.05) is 7.11 Å². The summed E-state index contributed by atoms with van der Waals surface area (Å²) >= 11 is 10.6. The Balaban J connectivity index is 1.53. The molecule has 4 heterocycles. The monoisotopic (exact) mass is 609 g/mol. The number of nitrogens with two attached hydrogens (primary N) is 1. The lowest BCUT2D eigenvalue weighted by Gasteiger charge is -2.33. The van der Waals surface area contributed by atoms with Crippen LogP contribution in [0.25, 0.3) is 11.2 Å². The highest BCUT2D eigenvalue weighted by Gasteiger charge is 2.61. The third-order valence-corrected chi connectivity index (χ3v) is 12.8. The van der Waals surface area contributed by atoms with E-state index in [1.807, 2.05) is 0 Å². The highest BCUT2D eigenvalue weighted by Crippen LogP contribution is 2.79. The van der Waals surface area contributed by atoms with E-state index >= 15 is 0 Å². The lowest BCUT2D eigenvalue weighted by molar-refractivity contribution is -0.256. The van der Waals surface area contributed by atoms with Crippen molar-refractivity contribution in [1.29, 1.82) is 0 Å². The second kappa shape index (κ2) is 9.81. The normalized spacial score (nSPS) is 30.2. The molecule has 23 heteroatoms. The van der Waals surface area contributed by atoms with Crippen LogP contribution in [0.4, 0.5) is 5.82 Å². The van der Waals surface area contributed by atoms with Gasteiger partial charge < -0.3 is 56.0 Å². The molecule has 7 atom stereocenters. The maximum Gasteiger partial charge on any atom is 0.381 e. The minimum atomic E-state index is -5.72. The molecule has 199 valence electrons. The van der Waals surface area contributed by atoms with Crippen molar-refractivity contribution in [2.45, 2.75) is 34.8 Å². The third-order valence-electron chi connectivity index (χ3n) is 5.01. The number of halogens is 2. The van der Waals surface area contributed by atoms with Crippen LogP contribution in [-0.2, 0) is 41.5 Å². The van der Waals surface area contributed by atoms with Gasteiger partial charge in [-0.25, -0.2) is 15.0 Å². The number of hydrogen-bond donors (Lipinski definition) is 4. The molecule has 0 amide bonds. The van der Waals surface area contributed by atoms with Crippen molar-refractivity contribution >= 4 is 70.4 Å². The SMILES string of the molecule is [B-]P(=O)(OC[C@H]1O[C@@H](n2cnc3c(N)ncnc32)[C@@H]2OC(OC)O[C@@H]21)OP(=O)(O)C(Cl)(Cl)P(=O)(O)O. The summed E-state index contributed by atoms with van der Waals surface area (Å²) < 4.78 is 65.4. The fourth-order valence-corrected chi connectivity index (χ4v) is 7.77. The average molecular weight is 610 g/mol. The summed E-state index contributed by atoms with van der Waals surface area (Å²) in [6, 6.07) is 0. The van der Waals surface area contributed by atoms with Gasteiger partial charge in [-0.2, -0.15) is 0 Å². The summed E-state index contributed by atoms with van der Waals surface area (Å²) in [7, 11) is -9.71. The molecule has 17 nitrogen and oxygen atoms in total. The van der Waals surface area contributed by atoms with Crippen molar-refractivity contribution in [2.24, 2.45) is 0 Å². The first-order chi connectivity index (χ1) is 16.6. The van der Waals surface area contributed by atoms with E-state index in [4.69, 9.17) is 69.8 Å². The quantitative estimate of drug-likeness (QED) is 0.174. The second-order valence-corrected chi connectivity index (χ2v) is 15.6. The highest BCUT2D eigenvalue weighted by molar-refractivity contribution is 7.88. The first kappa shape index (κ1) is 28.3. The maximum atomic E-state index is 12.5. The van der Waals surface area contributed by atoms with E-state index in [-0.39, 0.29) is 11.3 Å². The number of rotatable bonds is 9. The molecule has 5 N–H and O–H groups in total. The van der Waals surface area contributed by atoms with E-state index in [9.17, 15) is 18.6 Å². The number of hydrogen-bond acceptors (Lipinski definition) is 13. The molecule has 0 bridgehead atoms. The van der Waals surface area contributed by atoms with Gasteiger partial charge in [-0.3, -0.25) is 18.0 Å². The number of methoxy groups -OCH3 is 1. The first-order valence-electron chi connectivity index (χ1n) is 9.51. The van der Waals surface area contributed by atoms with Gasteiger partial charge >= 0.3 is 19.0 Å². The van der Waals surface area contributed by atoms with E-state index in [1.165, 1.54) is 24.3 Å². The lowest BCUT2D eigenvalue weighted by Crippen LogP contribution is -2.32. The number of anilines is 1. The summed E-state index contributed by atoms with van der Waals surface area (Å²) in [4.78, 5) is 40.2. The second-order valence-electron chi connectivity index (χ2n) is 7.37. The van der Waals surface area contributed by atoms with Crippen molar-refractivity contribution in [2.75, 3.05) is 19.5 Å². The molecule has 3 unspecified atom stereocenters. The summed E-state index contributed by atoms with van der Waals surface area (Å²) in [5.41, 5.74) is 6.40. The summed E-state index contributed by atoms with van der Waals surface area (Å²) in [5.74, 6) is 0.117. The van der Waals surface area contributed by atoms with Gasteiger partial charge in [0.2, 0.25) is 0 Å². The van der Waals surface area contributed by atoms with Crippen molar-refractivity contribution in [3.8, 4) is 0 Å². The summed E-state index contributed by atoms with van der Waals surface area (Å²) in [6.07, 6.45) is -1.20. The van der Waals surface area contributed by atoms with Crippen LogP contribution < -0.4 is 5.73 Å². The zero-order valence-corrected chi connectivity index (χ0v) is 22.0. The fourth-order valence-electron chi connectivity index (χ4n) is 3.40. The molecule has 0 aromatic carbocycles. The van der Waals surface area contributed by atoms with E-state index in [2.05, 4.69) is 19.3 Å². The van der Waals surface area contributed by atoms with E-state index < -0.39 is 64.1 Å². The minimum absolute atomic E-state index is 0.117. The third kappa shape index (κ3) is 5.14. The van der Waals surface area contributed by atoms with Crippen LogP contribution in [0.2, 0.25) is 0 Å². The van der Waals surface area contributed by atoms with Crippen LogP contribution in [0.3, 0.4) is 0 Å². The van der Waals surface area contributed by atoms with Crippen LogP contribution in [0, 0.1) is 0 Å². The molecule has 2 aliphatic heterocycles. The van der Waals surface area contributed by atoms with Crippen LogP contribution >= 0.6 is 45.9 Å². The maximum absolute atomic E-state index is 12.5. The number of aromatic nitrogens is 4. The number of alkyl halides is 2. The van der Waals surface area contributed by atoms with Gasteiger partial charge in [-0.1, -0.05) is 23.2 Å². The smallest absolute Gasteiger partial charge is 0.381 e. The lowest BCUT2D eigenvalue weighted by atomic mass is 10.1. The van der Waals surface area contributed by atoms with Crippen molar-refractivity contribution in [3.05, 3.63) is 12.7 Å². The highest BCUT2D eigenvalue weighted by atomic mass is 35.5. The Kier molecular flexibility index (Phi) is 7.72. The van der Waals surface area contributed by atoms with Gasteiger partial charge in [0.05, 0.1) is 20.4 Å². The average Bonchev–Trinajstić information content (AvgIpc) is 3.44. The largest absolute Gasteiger partial charge is 0.443 e. The van der Waals surface area contributed by atoms with Gasteiger partial charge in [-0.05, 0) is 0 Å². The zero-order valence-electron chi connectivity index (χ0n) is 17.8. The summed E-state index contributed by atoms with van der Waals surface area (Å²) in [6.45, 7) is -1.79. The van der Waals surface area contributed by atoms with E-state index in [0.717, 1.165) is 0 Å². The first-order valence-corrected chi connectivity index (χ1v) is 15.1. The van der Waals surface area contributed by atoms with Crippen LogP contribution in [0.15, 0.2) is 12.7 Å². The van der Waals surface area contributed by atoms with Crippen molar-refractivity contribution < 1.29 is 56.2 Å². The number of fused-ring (bicyclic) bond motifs is 2. The number of imidazole rings is 1. The predicted molar refractivity (Wildman–Crippen MR) is 121 cm³/mol. The molecule has 2 aromatic heterocycles. The van der Waals surface area contributed by atoms with E-state index in [0.29, 0.717) is 5.65 Å². The Bertz CT molecular complexity index is 1300. The molecule has 2 saturated heterocycles. The molecular weight excluding hydrogens is 593 g/mol. The molecule has 0 aliphatic carbocycles. The Morgan fingerprint density at radius 2 is 1.83 bits per heavy atom. The molecular formula is C13H17BCl2N5O12P3-. The van der Waals surface area contributed by atoms with Crippen molar-refractivity contribution in [3.63, 3.8) is 0 Å². The Labute approximate surface area is 213 Å². The number of nitrogen functional groups attached to an aromatic ring is 1. The Morgan fingerprint density at radius 3 is 2.47 bits per heavy atom. The van der Waals surface area contributed by atoms with E-state index in [1.54, 1.807) is 0 Å². The Hall–Kier alpha value is -0.675.